The van der Waals surface area contributed by atoms with E-state index in [1.54, 1.807) is 13.0 Å². The summed E-state index contributed by atoms with van der Waals surface area (Å²) in [7, 11) is 0. The van der Waals surface area contributed by atoms with Gasteiger partial charge in [-0.2, -0.15) is 0 Å². The molecule has 0 aliphatic rings. The van der Waals surface area contributed by atoms with E-state index in [2.05, 4.69) is 15.3 Å². The van der Waals surface area contributed by atoms with Gasteiger partial charge in [0.25, 0.3) is 0 Å². The molecule has 1 heterocycles. The fraction of sp³-hybridized carbons (Fsp3) is 0.231. The van der Waals surface area contributed by atoms with Gasteiger partial charge in [-0.05, 0) is 37.6 Å². The van der Waals surface area contributed by atoms with Crippen molar-refractivity contribution in [2.24, 2.45) is 0 Å². The topological polar surface area (TPSA) is 81.0 Å². The zero-order chi connectivity index (χ0) is 14.7. The molecule has 2 rings (SSSR count). The average Bonchev–Trinajstić information content (AvgIpc) is 2.37. The van der Waals surface area contributed by atoms with Gasteiger partial charge in [-0.3, -0.25) is 10.1 Å². The summed E-state index contributed by atoms with van der Waals surface area (Å²) < 4.78 is 13.5. The minimum absolute atomic E-state index is 0.101. The smallest absolute Gasteiger partial charge is 0.313 e. The number of halogens is 1. The highest BCUT2D eigenvalue weighted by molar-refractivity contribution is 5.70. The third-order valence-corrected chi connectivity index (χ3v) is 2.62. The first-order chi connectivity index (χ1) is 9.51. The molecule has 0 aliphatic carbocycles. The molecule has 1 aromatic carbocycles. The van der Waals surface area contributed by atoms with Gasteiger partial charge in [-0.25, -0.2) is 14.4 Å². The highest BCUT2D eigenvalue weighted by atomic mass is 19.1. The molecule has 0 saturated carbocycles. The van der Waals surface area contributed by atoms with Crippen LogP contribution in [0.2, 0.25) is 0 Å². The van der Waals surface area contributed by atoms with Crippen LogP contribution in [-0.2, 0) is 0 Å². The molecule has 104 valence electrons. The van der Waals surface area contributed by atoms with Crippen molar-refractivity contribution in [3.8, 4) is 11.3 Å². The van der Waals surface area contributed by atoms with Gasteiger partial charge in [0, 0.05) is 12.1 Å². The third-order valence-electron chi connectivity index (χ3n) is 2.62. The van der Waals surface area contributed by atoms with Crippen LogP contribution in [0.25, 0.3) is 11.3 Å². The molecule has 0 fully saturated rings. The molecule has 1 aromatic heterocycles. The molecule has 0 unspecified atom stereocenters. The lowest BCUT2D eigenvalue weighted by atomic mass is 10.1. The number of aromatic nitrogens is 2. The number of nitro groups is 1. The van der Waals surface area contributed by atoms with E-state index in [1.807, 2.05) is 6.92 Å². The molecule has 20 heavy (non-hydrogen) atoms. The fourth-order valence-electron chi connectivity index (χ4n) is 1.84. The number of nitrogens with zero attached hydrogens (tertiary/aromatic N) is 3. The number of benzene rings is 1. The van der Waals surface area contributed by atoms with Crippen LogP contribution in [0.4, 0.5) is 16.0 Å². The average molecular weight is 276 g/mol. The molecule has 1 N–H and O–H groups in total. The SMILES string of the molecule is CCNc1ncc([N+](=O)[O-])c(-c2cc(C)cc(F)c2)n1. The van der Waals surface area contributed by atoms with Crippen LogP contribution in [0.1, 0.15) is 12.5 Å². The maximum atomic E-state index is 13.5. The van der Waals surface area contributed by atoms with Crippen molar-refractivity contribution in [1.29, 1.82) is 0 Å². The zero-order valence-electron chi connectivity index (χ0n) is 11.1. The quantitative estimate of drug-likeness (QED) is 0.686. The van der Waals surface area contributed by atoms with Gasteiger partial charge in [0.05, 0.1) is 4.92 Å². The fourth-order valence-corrected chi connectivity index (χ4v) is 1.84. The second-order valence-electron chi connectivity index (χ2n) is 4.23. The monoisotopic (exact) mass is 276 g/mol. The Morgan fingerprint density at radius 2 is 2.15 bits per heavy atom. The van der Waals surface area contributed by atoms with E-state index in [0.717, 1.165) is 6.20 Å². The van der Waals surface area contributed by atoms with E-state index >= 15 is 0 Å². The van der Waals surface area contributed by atoms with Crippen molar-refractivity contribution < 1.29 is 9.31 Å². The molecule has 7 heteroatoms. The minimum atomic E-state index is -0.578. The summed E-state index contributed by atoms with van der Waals surface area (Å²) in [5.41, 5.74) is 0.869. The summed E-state index contributed by atoms with van der Waals surface area (Å²) in [6, 6.07) is 4.22. The lowest BCUT2D eigenvalue weighted by Gasteiger charge is -2.07. The van der Waals surface area contributed by atoms with Gasteiger partial charge in [0.1, 0.15) is 12.0 Å². The van der Waals surface area contributed by atoms with Crippen LogP contribution in [-0.4, -0.2) is 21.4 Å². The van der Waals surface area contributed by atoms with E-state index in [4.69, 9.17) is 0 Å². The summed E-state index contributed by atoms with van der Waals surface area (Å²) in [5, 5.41) is 13.9. The summed E-state index contributed by atoms with van der Waals surface area (Å²) in [6.45, 7) is 4.15. The summed E-state index contributed by atoms with van der Waals surface area (Å²) in [4.78, 5) is 18.4. The van der Waals surface area contributed by atoms with Crippen LogP contribution in [0.15, 0.2) is 24.4 Å². The molecular weight excluding hydrogens is 263 g/mol. The first-order valence-corrected chi connectivity index (χ1v) is 6.04. The molecule has 0 bridgehead atoms. The van der Waals surface area contributed by atoms with Crippen molar-refractivity contribution >= 4 is 11.6 Å². The number of hydrogen-bond donors (Lipinski definition) is 1. The van der Waals surface area contributed by atoms with Gasteiger partial charge >= 0.3 is 5.69 Å². The minimum Gasteiger partial charge on any atom is -0.354 e. The zero-order valence-corrected chi connectivity index (χ0v) is 11.1. The predicted molar refractivity (Wildman–Crippen MR) is 73.0 cm³/mol. The Bertz CT molecular complexity index is 641. The first-order valence-electron chi connectivity index (χ1n) is 6.04. The molecule has 0 radical (unpaired) electrons. The van der Waals surface area contributed by atoms with Crippen molar-refractivity contribution in [1.82, 2.24) is 9.97 Å². The predicted octanol–water partition coefficient (Wildman–Crippen LogP) is 2.93. The summed E-state index contributed by atoms with van der Waals surface area (Å²) in [6.07, 6.45) is 1.13. The Morgan fingerprint density at radius 3 is 2.75 bits per heavy atom. The molecule has 0 spiro atoms. The van der Waals surface area contributed by atoms with Crippen molar-refractivity contribution in [3.05, 3.63) is 45.9 Å². The van der Waals surface area contributed by atoms with Crippen molar-refractivity contribution in [2.45, 2.75) is 13.8 Å². The van der Waals surface area contributed by atoms with E-state index < -0.39 is 10.7 Å². The lowest BCUT2D eigenvalue weighted by Crippen LogP contribution is -2.05. The maximum absolute atomic E-state index is 13.5. The van der Waals surface area contributed by atoms with Crippen LogP contribution < -0.4 is 5.32 Å². The number of anilines is 1. The third kappa shape index (κ3) is 2.87. The van der Waals surface area contributed by atoms with E-state index in [-0.39, 0.29) is 17.3 Å². The second kappa shape index (κ2) is 5.60. The highest BCUT2D eigenvalue weighted by Gasteiger charge is 2.19. The van der Waals surface area contributed by atoms with Gasteiger partial charge in [-0.15, -0.1) is 0 Å². The van der Waals surface area contributed by atoms with Gasteiger partial charge in [0.2, 0.25) is 5.95 Å². The Labute approximate surface area is 114 Å². The van der Waals surface area contributed by atoms with Gasteiger partial charge < -0.3 is 5.32 Å². The largest absolute Gasteiger partial charge is 0.354 e. The Kier molecular flexibility index (Phi) is 3.88. The normalized spacial score (nSPS) is 10.3. The van der Waals surface area contributed by atoms with Crippen molar-refractivity contribution in [2.75, 3.05) is 11.9 Å². The molecule has 0 aliphatic heterocycles. The molecule has 2 aromatic rings. The lowest BCUT2D eigenvalue weighted by molar-refractivity contribution is -0.384. The van der Waals surface area contributed by atoms with Gasteiger partial charge in [-0.1, -0.05) is 0 Å². The molecule has 0 amide bonds. The summed E-state index contributed by atoms with van der Waals surface area (Å²) in [5.74, 6) is -0.187. The van der Waals surface area contributed by atoms with E-state index in [1.165, 1.54) is 12.1 Å². The maximum Gasteiger partial charge on any atom is 0.313 e. The van der Waals surface area contributed by atoms with Crippen LogP contribution in [0, 0.1) is 22.9 Å². The highest BCUT2D eigenvalue weighted by Crippen LogP contribution is 2.29. The second-order valence-corrected chi connectivity index (χ2v) is 4.23. The molecular formula is C13H13FN4O2. The number of aryl methyl sites for hydroxylation is 1. The van der Waals surface area contributed by atoms with Crippen molar-refractivity contribution in [3.63, 3.8) is 0 Å². The van der Waals surface area contributed by atoms with Crippen LogP contribution in [0.3, 0.4) is 0 Å². The molecule has 0 atom stereocenters. The number of nitrogens with one attached hydrogen (secondary N) is 1. The number of rotatable bonds is 4. The Hall–Kier alpha value is -2.57. The summed E-state index contributed by atoms with van der Waals surface area (Å²) >= 11 is 0. The Balaban J connectivity index is 2.62. The van der Waals surface area contributed by atoms with Crippen LogP contribution in [0.5, 0.6) is 0 Å². The van der Waals surface area contributed by atoms with Gasteiger partial charge in [0.15, 0.2) is 5.69 Å². The standard InChI is InChI=1S/C13H13FN4O2/c1-3-15-13-16-7-11(18(19)20)12(17-13)9-4-8(2)5-10(14)6-9/h4-7H,3H2,1-2H3,(H,15,16,17). The first kappa shape index (κ1) is 13.9. The van der Waals surface area contributed by atoms with E-state index in [0.29, 0.717) is 17.7 Å². The molecule has 0 saturated heterocycles. The molecule has 6 nitrogen and oxygen atoms in total. The van der Waals surface area contributed by atoms with E-state index in [9.17, 15) is 14.5 Å². The Morgan fingerprint density at radius 1 is 1.40 bits per heavy atom. The number of hydrogen-bond acceptors (Lipinski definition) is 5. The van der Waals surface area contributed by atoms with Crippen LogP contribution >= 0.6 is 0 Å².